The number of rotatable bonds is 1. The van der Waals surface area contributed by atoms with Gasteiger partial charge in [0.15, 0.2) is 0 Å². The maximum atomic E-state index is 12.0. The fourth-order valence-corrected chi connectivity index (χ4v) is 3.90. The zero-order valence-corrected chi connectivity index (χ0v) is 10.9. The maximum Gasteiger partial charge on any atom is 0.536 e. The van der Waals surface area contributed by atoms with E-state index < -0.39 is 13.6 Å². The van der Waals surface area contributed by atoms with Crippen LogP contribution < -0.4 is 4.52 Å². The lowest BCUT2D eigenvalue weighted by Crippen LogP contribution is -2.45. The first-order chi connectivity index (χ1) is 9.51. The van der Waals surface area contributed by atoms with Crippen LogP contribution in [0.5, 0.6) is 17.2 Å². The topological polar surface area (TPSA) is 85.2 Å². The fraction of sp³-hybridized carbons (Fsp3) is 0.0769. The molecule has 2 aromatic carbocycles. The van der Waals surface area contributed by atoms with Gasteiger partial charge in [-0.2, -0.15) is 0 Å². The molecule has 2 N–H and O–H groups in total. The Morgan fingerprint density at radius 3 is 2.30 bits per heavy atom. The van der Waals surface area contributed by atoms with Crippen LogP contribution in [0, 0.1) is 0 Å². The van der Waals surface area contributed by atoms with Crippen LogP contribution in [0.2, 0.25) is 0 Å². The monoisotopic (exact) mass is 292 g/mol. The molecular weight excluding hydrogens is 283 g/mol. The van der Waals surface area contributed by atoms with Gasteiger partial charge in [0.1, 0.15) is 17.2 Å². The average Bonchev–Trinajstić information content (AvgIpc) is 2.36. The van der Waals surface area contributed by atoms with E-state index >= 15 is 0 Å². The second-order valence-corrected chi connectivity index (χ2v) is 6.01. The summed E-state index contributed by atoms with van der Waals surface area (Å²) >= 11 is 0. The van der Waals surface area contributed by atoms with Crippen LogP contribution in [0.25, 0.3) is 0 Å². The van der Waals surface area contributed by atoms with Crippen LogP contribution >= 0.6 is 7.82 Å². The molecule has 6 nitrogen and oxygen atoms in total. The summed E-state index contributed by atoms with van der Waals surface area (Å²) in [6.45, 7) is 0. The van der Waals surface area contributed by atoms with E-state index in [2.05, 4.69) is 0 Å². The van der Waals surface area contributed by atoms with Gasteiger partial charge in [-0.1, -0.05) is 0 Å². The summed E-state index contributed by atoms with van der Waals surface area (Å²) in [5.74, 6) is -0.951. The second-order valence-electron chi connectivity index (χ2n) is 4.56. The van der Waals surface area contributed by atoms with E-state index in [9.17, 15) is 14.8 Å². The van der Waals surface area contributed by atoms with Crippen molar-refractivity contribution in [2.45, 2.75) is 5.79 Å². The molecule has 0 radical (unpaired) electrons. The van der Waals surface area contributed by atoms with Gasteiger partial charge in [-0.3, -0.25) is 0 Å². The smallest absolute Gasteiger partial charge is 0.508 e. The Hall–Kier alpha value is -2.01. The summed E-state index contributed by atoms with van der Waals surface area (Å²) in [7, 11) is -3.61. The summed E-state index contributed by atoms with van der Waals surface area (Å²) in [6.07, 6.45) is 0. The molecule has 20 heavy (non-hydrogen) atoms. The van der Waals surface area contributed by atoms with Gasteiger partial charge in [0.05, 0.1) is 5.56 Å². The quantitative estimate of drug-likeness (QED) is 0.786. The number of phenols is 2. The van der Waals surface area contributed by atoms with Crippen LogP contribution in [0.4, 0.5) is 0 Å². The fourth-order valence-electron chi connectivity index (χ4n) is 2.38. The van der Waals surface area contributed by atoms with Crippen molar-refractivity contribution < 1.29 is 28.3 Å². The Balaban J connectivity index is 1.92. The normalized spacial score (nSPS) is 30.0. The van der Waals surface area contributed by atoms with Gasteiger partial charge < -0.3 is 14.7 Å². The van der Waals surface area contributed by atoms with Crippen molar-refractivity contribution >= 4 is 7.82 Å². The van der Waals surface area contributed by atoms with Gasteiger partial charge in [-0.15, -0.1) is 0 Å². The Labute approximate surface area is 113 Å². The molecule has 1 saturated heterocycles. The van der Waals surface area contributed by atoms with Crippen molar-refractivity contribution in [3.05, 3.63) is 53.6 Å². The highest BCUT2D eigenvalue weighted by atomic mass is 31.2. The van der Waals surface area contributed by atoms with Gasteiger partial charge in [-0.25, -0.2) is 13.6 Å². The molecule has 0 saturated carbocycles. The number of hydrogen-bond acceptors (Lipinski definition) is 6. The number of phosphoric ester groups is 1. The first-order valence-corrected chi connectivity index (χ1v) is 7.31. The minimum atomic E-state index is -3.61. The van der Waals surface area contributed by atoms with E-state index in [-0.39, 0.29) is 17.2 Å². The predicted molar refractivity (Wildman–Crippen MR) is 67.4 cm³/mol. The molecular formula is C13H9O6P. The SMILES string of the molecule is O=P12Oc3cc(O)ccc3C(c3ccc(O)cc3)(O1)O2. The van der Waals surface area contributed by atoms with Gasteiger partial charge in [0.2, 0.25) is 5.79 Å². The highest BCUT2D eigenvalue weighted by Gasteiger charge is 2.65. The Bertz CT molecular complexity index is 744. The van der Waals surface area contributed by atoms with Gasteiger partial charge in [-0.05, 0) is 36.4 Å². The first-order valence-electron chi connectivity index (χ1n) is 5.85. The Kier molecular flexibility index (Phi) is 2.09. The van der Waals surface area contributed by atoms with E-state index in [1.807, 2.05) is 0 Å². The van der Waals surface area contributed by atoms with Crippen LogP contribution in [-0.4, -0.2) is 10.2 Å². The molecule has 1 fully saturated rings. The molecule has 0 aliphatic carbocycles. The molecule has 3 heterocycles. The lowest BCUT2D eigenvalue weighted by atomic mass is 9.96. The van der Waals surface area contributed by atoms with Gasteiger partial charge in [0, 0.05) is 11.6 Å². The summed E-state index contributed by atoms with van der Waals surface area (Å²) in [5.41, 5.74) is 1.09. The number of phosphoric acid groups is 1. The standard InChI is InChI=1S/C13H9O6P/c14-9-3-1-8(2-4-9)13-11-6-5-10(15)7-12(11)17-20(16,18-13)19-13/h1-7,14-15H. The average molecular weight is 292 g/mol. The third-order valence-electron chi connectivity index (χ3n) is 3.26. The Morgan fingerprint density at radius 1 is 0.950 bits per heavy atom. The molecule has 0 atom stereocenters. The lowest BCUT2D eigenvalue weighted by Gasteiger charge is -2.49. The van der Waals surface area contributed by atoms with E-state index in [0.29, 0.717) is 11.1 Å². The van der Waals surface area contributed by atoms with E-state index in [1.165, 1.54) is 24.3 Å². The molecule has 0 unspecified atom stereocenters. The zero-order valence-electron chi connectivity index (χ0n) is 10.0. The third-order valence-corrected chi connectivity index (χ3v) is 4.64. The van der Waals surface area contributed by atoms with Crippen LogP contribution in [-0.2, 0) is 19.4 Å². The molecule has 5 rings (SSSR count). The van der Waals surface area contributed by atoms with Crippen LogP contribution in [0.3, 0.4) is 0 Å². The molecule has 0 aromatic heterocycles. The molecule has 0 amide bonds. The van der Waals surface area contributed by atoms with E-state index in [0.717, 1.165) is 0 Å². The number of phenolic OH excluding ortho intramolecular Hbond substituents is 2. The molecule has 7 heteroatoms. The summed E-state index contributed by atoms with van der Waals surface area (Å²) < 4.78 is 27.9. The lowest BCUT2D eigenvalue weighted by molar-refractivity contribution is -0.204. The minimum absolute atomic E-state index is 0.00120. The maximum absolute atomic E-state index is 12.0. The van der Waals surface area contributed by atoms with Crippen molar-refractivity contribution in [3.63, 3.8) is 0 Å². The van der Waals surface area contributed by atoms with Crippen molar-refractivity contribution in [3.8, 4) is 17.2 Å². The molecule has 2 aromatic rings. The highest BCUT2D eigenvalue weighted by Crippen LogP contribution is 2.75. The second kappa shape index (κ2) is 3.55. The first kappa shape index (κ1) is 11.8. The summed E-state index contributed by atoms with van der Waals surface area (Å²) in [5, 5.41) is 18.8. The molecule has 0 spiro atoms. The molecule has 3 aliphatic heterocycles. The van der Waals surface area contributed by atoms with Crippen LogP contribution in [0.15, 0.2) is 42.5 Å². The third kappa shape index (κ3) is 1.44. The predicted octanol–water partition coefficient (Wildman–Crippen LogP) is 2.85. The van der Waals surface area contributed by atoms with Gasteiger partial charge in [0.25, 0.3) is 0 Å². The van der Waals surface area contributed by atoms with E-state index in [4.69, 9.17) is 13.6 Å². The molecule has 3 aliphatic rings. The molecule has 2 bridgehead atoms. The number of hydrogen-bond donors (Lipinski definition) is 2. The number of benzene rings is 2. The van der Waals surface area contributed by atoms with Crippen molar-refractivity contribution in [1.82, 2.24) is 0 Å². The zero-order chi connectivity index (χ0) is 14.0. The largest absolute Gasteiger partial charge is 0.536 e. The number of aromatic hydroxyl groups is 2. The Morgan fingerprint density at radius 2 is 1.60 bits per heavy atom. The van der Waals surface area contributed by atoms with Crippen molar-refractivity contribution in [2.24, 2.45) is 0 Å². The summed E-state index contributed by atoms with van der Waals surface area (Å²) in [4.78, 5) is 0. The van der Waals surface area contributed by atoms with E-state index in [1.54, 1.807) is 18.2 Å². The van der Waals surface area contributed by atoms with Crippen molar-refractivity contribution in [2.75, 3.05) is 0 Å². The minimum Gasteiger partial charge on any atom is -0.508 e. The van der Waals surface area contributed by atoms with Crippen molar-refractivity contribution in [1.29, 1.82) is 0 Å². The summed E-state index contributed by atoms with van der Waals surface area (Å²) in [6, 6.07) is 10.6. The van der Waals surface area contributed by atoms with Gasteiger partial charge >= 0.3 is 7.82 Å². The molecule has 102 valence electrons. The highest BCUT2D eigenvalue weighted by molar-refractivity contribution is 7.50. The van der Waals surface area contributed by atoms with Crippen LogP contribution in [0.1, 0.15) is 11.1 Å².